The van der Waals surface area contributed by atoms with Gasteiger partial charge in [-0.2, -0.15) is 4.98 Å². The van der Waals surface area contributed by atoms with Crippen molar-refractivity contribution in [2.75, 3.05) is 5.73 Å². The molecule has 0 saturated heterocycles. The van der Waals surface area contributed by atoms with Crippen molar-refractivity contribution in [3.63, 3.8) is 0 Å². The largest absolute Gasteiger partial charge is 0.399 e. The summed E-state index contributed by atoms with van der Waals surface area (Å²) < 4.78 is 15.5. The SMILES string of the molecule is Cc1nc(=O)n(Cc2cc(N)cc(F)c2)c(C)c1Br. The summed E-state index contributed by atoms with van der Waals surface area (Å²) in [6.07, 6.45) is 0. The Kier molecular flexibility index (Phi) is 3.71. The van der Waals surface area contributed by atoms with Crippen molar-refractivity contribution in [2.24, 2.45) is 0 Å². The Morgan fingerprint density at radius 2 is 2.05 bits per heavy atom. The van der Waals surface area contributed by atoms with E-state index in [-0.39, 0.29) is 12.2 Å². The fourth-order valence-electron chi connectivity index (χ4n) is 1.91. The van der Waals surface area contributed by atoms with E-state index in [1.807, 2.05) is 6.92 Å². The average Bonchev–Trinajstić information content (AvgIpc) is 2.31. The number of aromatic nitrogens is 2. The van der Waals surface area contributed by atoms with E-state index < -0.39 is 5.82 Å². The van der Waals surface area contributed by atoms with Gasteiger partial charge in [0, 0.05) is 11.4 Å². The van der Waals surface area contributed by atoms with E-state index in [9.17, 15) is 9.18 Å². The van der Waals surface area contributed by atoms with Gasteiger partial charge in [-0.1, -0.05) is 0 Å². The van der Waals surface area contributed by atoms with Crippen LogP contribution < -0.4 is 11.4 Å². The second-order valence-electron chi connectivity index (χ2n) is 4.36. The lowest BCUT2D eigenvalue weighted by Gasteiger charge is -2.12. The van der Waals surface area contributed by atoms with Crippen molar-refractivity contribution in [3.05, 3.63) is 55.9 Å². The van der Waals surface area contributed by atoms with E-state index in [0.717, 1.165) is 10.2 Å². The van der Waals surface area contributed by atoms with Crippen molar-refractivity contribution in [1.82, 2.24) is 9.55 Å². The third kappa shape index (κ3) is 2.84. The van der Waals surface area contributed by atoms with Gasteiger partial charge in [0.1, 0.15) is 5.82 Å². The van der Waals surface area contributed by atoms with Crippen LogP contribution in [0.4, 0.5) is 10.1 Å². The molecule has 0 aliphatic rings. The number of anilines is 1. The zero-order chi connectivity index (χ0) is 14.2. The normalized spacial score (nSPS) is 10.7. The minimum atomic E-state index is -0.417. The van der Waals surface area contributed by atoms with E-state index in [2.05, 4.69) is 20.9 Å². The van der Waals surface area contributed by atoms with Gasteiger partial charge in [0.05, 0.1) is 16.7 Å². The first kappa shape index (κ1) is 13.7. The van der Waals surface area contributed by atoms with Gasteiger partial charge >= 0.3 is 5.69 Å². The van der Waals surface area contributed by atoms with Crippen molar-refractivity contribution in [3.8, 4) is 0 Å². The molecule has 0 aliphatic carbocycles. The molecule has 0 spiro atoms. The average molecular weight is 326 g/mol. The van der Waals surface area contributed by atoms with Crippen LogP contribution in [-0.2, 0) is 6.54 Å². The molecule has 1 aromatic carbocycles. The highest BCUT2D eigenvalue weighted by molar-refractivity contribution is 9.10. The van der Waals surface area contributed by atoms with Gasteiger partial charge < -0.3 is 5.73 Å². The number of hydrogen-bond donors (Lipinski definition) is 1. The first-order valence-corrected chi connectivity index (χ1v) is 6.46. The number of benzene rings is 1. The van der Waals surface area contributed by atoms with Crippen LogP contribution in [0.1, 0.15) is 17.0 Å². The molecule has 0 amide bonds. The van der Waals surface area contributed by atoms with Crippen LogP contribution in [0.5, 0.6) is 0 Å². The summed E-state index contributed by atoms with van der Waals surface area (Å²) in [4.78, 5) is 15.8. The van der Waals surface area contributed by atoms with Crippen LogP contribution in [0.25, 0.3) is 0 Å². The molecule has 0 radical (unpaired) electrons. The Hall–Kier alpha value is -1.69. The minimum absolute atomic E-state index is 0.235. The Balaban J connectivity index is 2.49. The molecule has 1 heterocycles. The van der Waals surface area contributed by atoms with Gasteiger partial charge in [-0.05, 0) is 53.5 Å². The maximum Gasteiger partial charge on any atom is 0.348 e. The van der Waals surface area contributed by atoms with E-state index in [1.165, 1.54) is 16.7 Å². The lowest BCUT2D eigenvalue weighted by molar-refractivity contribution is 0.620. The first-order valence-electron chi connectivity index (χ1n) is 5.67. The van der Waals surface area contributed by atoms with E-state index >= 15 is 0 Å². The van der Waals surface area contributed by atoms with Crippen molar-refractivity contribution >= 4 is 21.6 Å². The molecule has 0 fully saturated rings. The Labute approximate surface area is 118 Å². The molecule has 1 aromatic heterocycles. The van der Waals surface area contributed by atoms with Crippen LogP contribution in [0.2, 0.25) is 0 Å². The summed E-state index contributed by atoms with van der Waals surface area (Å²) >= 11 is 3.39. The van der Waals surface area contributed by atoms with Gasteiger partial charge in [0.25, 0.3) is 0 Å². The highest BCUT2D eigenvalue weighted by atomic mass is 79.9. The summed E-state index contributed by atoms with van der Waals surface area (Å²) in [7, 11) is 0. The van der Waals surface area contributed by atoms with Gasteiger partial charge in [0.15, 0.2) is 0 Å². The van der Waals surface area contributed by atoms with Crippen LogP contribution in [0, 0.1) is 19.7 Å². The molecule has 0 saturated carbocycles. The van der Waals surface area contributed by atoms with Gasteiger partial charge in [0.2, 0.25) is 0 Å². The minimum Gasteiger partial charge on any atom is -0.399 e. The van der Waals surface area contributed by atoms with Gasteiger partial charge in [-0.25, -0.2) is 9.18 Å². The molecule has 6 heteroatoms. The maximum atomic E-state index is 13.3. The maximum absolute atomic E-state index is 13.3. The summed E-state index contributed by atoms with van der Waals surface area (Å²) in [5, 5.41) is 0. The Morgan fingerprint density at radius 3 is 2.68 bits per heavy atom. The number of rotatable bonds is 2. The quantitative estimate of drug-likeness (QED) is 0.862. The Bertz CT molecular complexity index is 677. The smallest absolute Gasteiger partial charge is 0.348 e. The van der Waals surface area contributed by atoms with E-state index in [4.69, 9.17) is 5.73 Å². The lowest BCUT2D eigenvalue weighted by atomic mass is 10.2. The van der Waals surface area contributed by atoms with Crippen LogP contribution in [-0.4, -0.2) is 9.55 Å². The zero-order valence-electron chi connectivity index (χ0n) is 10.6. The van der Waals surface area contributed by atoms with Crippen LogP contribution in [0.3, 0.4) is 0 Å². The molecule has 2 rings (SSSR count). The molecule has 2 N–H and O–H groups in total. The fourth-order valence-corrected chi connectivity index (χ4v) is 2.21. The molecule has 100 valence electrons. The predicted octanol–water partition coefficient (Wildman–Crippen LogP) is 2.39. The van der Waals surface area contributed by atoms with Crippen molar-refractivity contribution in [2.45, 2.75) is 20.4 Å². The molecule has 0 atom stereocenters. The predicted molar refractivity (Wildman–Crippen MR) is 75.6 cm³/mol. The lowest BCUT2D eigenvalue weighted by Crippen LogP contribution is -2.27. The van der Waals surface area contributed by atoms with Gasteiger partial charge in [-0.3, -0.25) is 4.57 Å². The molecular formula is C13H13BrFN3O. The number of aryl methyl sites for hydroxylation is 1. The highest BCUT2D eigenvalue weighted by Gasteiger charge is 2.10. The summed E-state index contributed by atoms with van der Waals surface area (Å²) in [6.45, 7) is 3.80. The summed E-state index contributed by atoms with van der Waals surface area (Å²) in [5.41, 5.74) is 7.58. The number of nitrogens with zero attached hydrogens (tertiary/aromatic N) is 2. The first-order chi connectivity index (χ1) is 8.88. The number of nitrogens with two attached hydrogens (primary N) is 1. The third-order valence-electron chi connectivity index (χ3n) is 2.86. The van der Waals surface area contributed by atoms with Crippen LogP contribution in [0.15, 0.2) is 27.5 Å². The molecule has 0 bridgehead atoms. The van der Waals surface area contributed by atoms with E-state index in [1.54, 1.807) is 13.0 Å². The van der Waals surface area contributed by atoms with Crippen molar-refractivity contribution in [1.29, 1.82) is 0 Å². The molecule has 0 unspecified atom stereocenters. The molecular weight excluding hydrogens is 313 g/mol. The van der Waals surface area contributed by atoms with E-state index in [0.29, 0.717) is 16.9 Å². The van der Waals surface area contributed by atoms with Crippen LogP contribution >= 0.6 is 15.9 Å². The number of hydrogen-bond acceptors (Lipinski definition) is 3. The third-order valence-corrected chi connectivity index (χ3v) is 4.00. The molecule has 0 aliphatic heterocycles. The second kappa shape index (κ2) is 5.13. The molecule has 2 aromatic rings. The molecule has 4 nitrogen and oxygen atoms in total. The highest BCUT2D eigenvalue weighted by Crippen LogP contribution is 2.18. The fraction of sp³-hybridized carbons (Fsp3) is 0.231. The van der Waals surface area contributed by atoms with Crippen molar-refractivity contribution < 1.29 is 4.39 Å². The second-order valence-corrected chi connectivity index (χ2v) is 5.15. The summed E-state index contributed by atoms with van der Waals surface area (Å²) in [6, 6.07) is 4.24. The molecule has 19 heavy (non-hydrogen) atoms. The number of halogens is 2. The topological polar surface area (TPSA) is 60.9 Å². The number of nitrogen functional groups attached to an aromatic ring is 1. The summed E-state index contributed by atoms with van der Waals surface area (Å²) in [5.74, 6) is -0.417. The Morgan fingerprint density at radius 1 is 1.37 bits per heavy atom. The monoisotopic (exact) mass is 325 g/mol. The van der Waals surface area contributed by atoms with Gasteiger partial charge in [-0.15, -0.1) is 0 Å². The standard InChI is InChI=1S/C13H13BrFN3O/c1-7-12(14)8(2)18(13(19)17-7)6-9-3-10(15)5-11(16)4-9/h3-5H,6,16H2,1-2H3. The zero-order valence-corrected chi connectivity index (χ0v) is 12.2.